The molecule has 0 unspecified atom stereocenters. The van der Waals surface area contributed by atoms with Crippen LogP contribution in [0, 0.1) is 0 Å². The lowest BCUT2D eigenvalue weighted by Crippen LogP contribution is -2.41. The van der Waals surface area contributed by atoms with Crippen LogP contribution in [0.25, 0.3) is 16.9 Å². The number of benzene rings is 2. The highest BCUT2D eigenvalue weighted by Crippen LogP contribution is 2.30. The van der Waals surface area contributed by atoms with E-state index < -0.39 is 18.7 Å². The summed E-state index contributed by atoms with van der Waals surface area (Å²) in [6, 6.07) is 23.6. The number of imidazole rings is 1. The van der Waals surface area contributed by atoms with Crippen LogP contribution in [0.5, 0.6) is 5.88 Å². The van der Waals surface area contributed by atoms with Gasteiger partial charge in [0.1, 0.15) is 24.7 Å². The molecule has 3 aromatic heterocycles. The first kappa shape index (κ1) is 38.2. The average Bonchev–Trinajstić information content (AvgIpc) is 3.83. The number of aliphatic carboxylic acids is 1. The molecule has 2 amide bonds. The Kier molecular flexibility index (Phi) is 13.4. The SMILES string of the molecule is CN(CCCN(CCCN1CCOCC1)C(=O)Oc1c(Cc2ccco2)nc2c(Cc3ccccc3)nc(-c3ccccc3)cn12)C(=O)COCC(=O)O. The number of nitrogens with zero attached hydrogens (tertiary/aromatic N) is 6. The van der Waals surface area contributed by atoms with Crippen molar-refractivity contribution in [3.8, 4) is 17.1 Å². The first-order valence-electron chi connectivity index (χ1n) is 18.2. The van der Waals surface area contributed by atoms with E-state index in [0.717, 1.165) is 36.5 Å². The molecule has 4 heterocycles. The zero-order valence-electron chi connectivity index (χ0n) is 30.5. The molecular weight excluding hydrogens is 692 g/mol. The van der Waals surface area contributed by atoms with Crippen LogP contribution in [0.4, 0.5) is 4.79 Å². The zero-order chi connectivity index (χ0) is 37.7. The quantitative estimate of drug-likeness (QED) is 0.134. The number of hydrogen-bond donors (Lipinski definition) is 1. The number of likely N-dealkylation sites (N-methyl/N-ethyl adjacent to an activating group) is 1. The van der Waals surface area contributed by atoms with Crippen LogP contribution in [-0.2, 0) is 31.9 Å². The Labute approximate surface area is 313 Å². The van der Waals surface area contributed by atoms with Gasteiger partial charge in [-0.15, -0.1) is 0 Å². The smallest absolute Gasteiger partial charge is 0.416 e. The van der Waals surface area contributed by atoms with Crippen LogP contribution in [0.15, 0.2) is 89.7 Å². The minimum absolute atomic E-state index is 0.279. The summed E-state index contributed by atoms with van der Waals surface area (Å²) in [5, 5.41) is 8.82. The maximum absolute atomic E-state index is 14.3. The number of ether oxygens (including phenoxy) is 3. The monoisotopic (exact) mass is 738 g/mol. The summed E-state index contributed by atoms with van der Waals surface area (Å²) in [5.74, 6) is -0.546. The molecule has 54 heavy (non-hydrogen) atoms. The molecule has 5 aromatic rings. The summed E-state index contributed by atoms with van der Waals surface area (Å²) in [5.41, 5.74) is 4.51. The van der Waals surface area contributed by atoms with Crippen molar-refractivity contribution in [3.05, 3.63) is 108 Å². The van der Waals surface area contributed by atoms with Gasteiger partial charge < -0.3 is 33.5 Å². The Morgan fingerprint density at radius 2 is 1.59 bits per heavy atom. The lowest BCUT2D eigenvalue weighted by molar-refractivity contribution is -0.145. The van der Waals surface area contributed by atoms with E-state index in [0.29, 0.717) is 74.9 Å². The normalized spacial score (nSPS) is 13.2. The molecule has 1 N–H and O–H groups in total. The van der Waals surface area contributed by atoms with Gasteiger partial charge in [-0.05, 0) is 30.5 Å². The van der Waals surface area contributed by atoms with E-state index in [1.807, 2.05) is 83.4 Å². The van der Waals surface area contributed by atoms with Crippen molar-refractivity contribution in [1.82, 2.24) is 29.1 Å². The maximum Gasteiger partial charge on any atom is 0.416 e. The Morgan fingerprint density at radius 1 is 0.852 bits per heavy atom. The lowest BCUT2D eigenvalue weighted by Gasteiger charge is -2.28. The number of fused-ring (bicyclic) bond motifs is 1. The highest BCUT2D eigenvalue weighted by molar-refractivity contribution is 5.77. The molecule has 0 aliphatic carbocycles. The topological polar surface area (TPSA) is 152 Å². The van der Waals surface area contributed by atoms with Crippen molar-refractivity contribution in [2.75, 3.05) is 72.7 Å². The number of aromatic nitrogens is 3. The van der Waals surface area contributed by atoms with Crippen molar-refractivity contribution >= 4 is 23.6 Å². The second-order valence-electron chi connectivity index (χ2n) is 13.1. The van der Waals surface area contributed by atoms with Gasteiger partial charge >= 0.3 is 12.1 Å². The number of furan rings is 1. The number of rotatable bonds is 18. The minimum Gasteiger partial charge on any atom is -0.480 e. The van der Waals surface area contributed by atoms with Gasteiger partial charge in [0, 0.05) is 64.5 Å². The van der Waals surface area contributed by atoms with Crippen molar-refractivity contribution in [2.24, 2.45) is 0 Å². The third-order valence-electron chi connectivity index (χ3n) is 9.15. The lowest BCUT2D eigenvalue weighted by atomic mass is 10.1. The van der Waals surface area contributed by atoms with Gasteiger partial charge in [-0.25, -0.2) is 19.6 Å². The summed E-state index contributed by atoms with van der Waals surface area (Å²) >= 11 is 0. The van der Waals surface area contributed by atoms with Gasteiger partial charge in [-0.1, -0.05) is 60.7 Å². The predicted molar refractivity (Wildman–Crippen MR) is 199 cm³/mol. The molecule has 1 aliphatic heterocycles. The van der Waals surface area contributed by atoms with Crippen LogP contribution >= 0.6 is 0 Å². The summed E-state index contributed by atoms with van der Waals surface area (Å²) in [7, 11) is 1.62. The molecule has 2 aromatic carbocycles. The van der Waals surface area contributed by atoms with Crippen LogP contribution in [-0.4, -0.2) is 125 Å². The zero-order valence-corrected chi connectivity index (χ0v) is 30.5. The van der Waals surface area contributed by atoms with E-state index in [1.54, 1.807) is 18.2 Å². The third kappa shape index (κ3) is 10.5. The molecule has 0 atom stereocenters. The van der Waals surface area contributed by atoms with Crippen LogP contribution in [0.3, 0.4) is 0 Å². The van der Waals surface area contributed by atoms with Gasteiger partial charge in [-0.2, -0.15) is 0 Å². The largest absolute Gasteiger partial charge is 0.480 e. The fraction of sp³-hybridized carbons (Fsp3) is 0.375. The van der Waals surface area contributed by atoms with E-state index >= 15 is 0 Å². The van der Waals surface area contributed by atoms with Gasteiger partial charge in [0.05, 0.1) is 37.3 Å². The number of carboxylic acid groups (broad SMARTS) is 1. The fourth-order valence-electron chi connectivity index (χ4n) is 6.30. The molecule has 1 fully saturated rings. The van der Waals surface area contributed by atoms with Crippen molar-refractivity contribution in [1.29, 1.82) is 0 Å². The predicted octanol–water partition coefficient (Wildman–Crippen LogP) is 4.64. The van der Waals surface area contributed by atoms with Crippen LogP contribution < -0.4 is 4.74 Å². The minimum atomic E-state index is -1.14. The molecule has 284 valence electrons. The summed E-state index contributed by atoms with van der Waals surface area (Å²) in [4.78, 5) is 53.1. The first-order valence-corrected chi connectivity index (χ1v) is 18.2. The maximum atomic E-state index is 14.3. The van der Waals surface area contributed by atoms with Crippen LogP contribution in [0.1, 0.15) is 35.6 Å². The molecule has 1 saturated heterocycles. The van der Waals surface area contributed by atoms with E-state index in [9.17, 15) is 14.4 Å². The number of morpholine rings is 1. The second kappa shape index (κ2) is 19.0. The van der Waals surface area contributed by atoms with E-state index in [1.165, 1.54) is 4.90 Å². The van der Waals surface area contributed by atoms with Gasteiger partial charge in [0.15, 0.2) is 5.65 Å². The Balaban J connectivity index is 1.29. The molecule has 1 aliphatic rings. The van der Waals surface area contributed by atoms with Crippen molar-refractivity contribution < 1.29 is 38.1 Å². The highest BCUT2D eigenvalue weighted by Gasteiger charge is 2.25. The van der Waals surface area contributed by atoms with Gasteiger partial charge in [0.25, 0.3) is 0 Å². The summed E-state index contributed by atoms with van der Waals surface area (Å²) in [6.45, 7) is 4.01. The number of amides is 2. The standard InChI is InChI=1S/C40H46N6O8/c1-43(36(47)28-52-29-37(48)49)16-9-18-45(19-10-17-44-20-23-51-24-21-44)40(50)54-39-34(26-32-15-8-22-53-32)42-38-33(25-30-11-4-2-5-12-30)41-35(27-46(38)39)31-13-6-3-7-14-31/h2-8,11-15,22,27H,9-10,16-21,23-26,28-29H2,1H3,(H,48,49). The Bertz CT molecular complexity index is 1960. The van der Waals surface area contributed by atoms with Crippen molar-refractivity contribution in [2.45, 2.75) is 25.7 Å². The van der Waals surface area contributed by atoms with Gasteiger partial charge in [0.2, 0.25) is 11.8 Å². The van der Waals surface area contributed by atoms with E-state index in [-0.39, 0.29) is 24.8 Å². The molecule has 0 spiro atoms. The number of carbonyl (C=O) groups excluding carboxylic acids is 2. The van der Waals surface area contributed by atoms with Crippen molar-refractivity contribution in [3.63, 3.8) is 0 Å². The Morgan fingerprint density at radius 3 is 2.31 bits per heavy atom. The van der Waals surface area contributed by atoms with Gasteiger partial charge in [-0.3, -0.25) is 14.1 Å². The Hall–Kier alpha value is -5.57. The third-order valence-corrected chi connectivity index (χ3v) is 9.15. The average molecular weight is 739 g/mol. The molecule has 0 radical (unpaired) electrons. The number of carbonyl (C=O) groups is 3. The number of hydrogen-bond acceptors (Lipinski definition) is 10. The summed E-state index contributed by atoms with van der Waals surface area (Å²) < 4.78 is 24.3. The number of carboxylic acids is 1. The molecular formula is C40H46N6O8. The highest BCUT2D eigenvalue weighted by atomic mass is 16.6. The first-order chi connectivity index (χ1) is 26.3. The fourth-order valence-corrected chi connectivity index (χ4v) is 6.30. The molecule has 14 heteroatoms. The van der Waals surface area contributed by atoms with Crippen LogP contribution in [0.2, 0.25) is 0 Å². The summed E-state index contributed by atoms with van der Waals surface area (Å²) in [6.07, 6.45) is 4.89. The molecule has 0 bridgehead atoms. The molecule has 0 saturated carbocycles. The van der Waals surface area contributed by atoms with E-state index in [4.69, 9.17) is 33.7 Å². The molecule has 6 rings (SSSR count). The molecule has 14 nitrogen and oxygen atoms in total. The second-order valence-corrected chi connectivity index (χ2v) is 13.1. The van der Waals surface area contributed by atoms with E-state index in [2.05, 4.69) is 4.90 Å².